The molecule has 0 fully saturated rings. The van der Waals surface area contributed by atoms with Crippen LogP contribution in [0, 0.1) is 5.82 Å². The molecule has 40 heavy (non-hydrogen) atoms. The maximum absolute atomic E-state index is 14.7. The van der Waals surface area contributed by atoms with Gasteiger partial charge in [0.1, 0.15) is 16.3 Å². The van der Waals surface area contributed by atoms with E-state index in [-0.39, 0.29) is 32.9 Å². The Morgan fingerprint density at radius 1 is 1.18 bits per heavy atom. The quantitative estimate of drug-likeness (QED) is 0.300. The first kappa shape index (κ1) is 31.7. The number of carbonyl (C=O) groups is 1. The summed E-state index contributed by atoms with van der Waals surface area (Å²) in [4.78, 5) is 25.9. The standard InChI is InChI=1S/C26H34ClFN6O4S2/c1-14(32-24(35)38-26(5,6)7)13-31-23-30-10-9-17(33-23)21-20(34-22(39-21)25(2,3)4)16-11-15(28)12-18(19(16)27)40(36,37)29-8/h9-12,14,29H,13H2,1-8H3,(H,32,35)(H,30,31,33)/t14-/m0/s1. The van der Waals surface area contributed by atoms with E-state index in [0.717, 1.165) is 17.1 Å². The molecule has 3 rings (SSSR count). The maximum atomic E-state index is 14.7. The van der Waals surface area contributed by atoms with Gasteiger partial charge in [0.15, 0.2) is 0 Å². The Kier molecular flexibility index (Phi) is 9.44. The van der Waals surface area contributed by atoms with Gasteiger partial charge in [0.05, 0.1) is 26.3 Å². The minimum atomic E-state index is -4.04. The van der Waals surface area contributed by atoms with Crippen molar-refractivity contribution in [2.45, 2.75) is 70.4 Å². The Balaban J connectivity index is 2.00. The highest BCUT2D eigenvalue weighted by atomic mass is 35.5. The van der Waals surface area contributed by atoms with Crippen molar-refractivity contribution in [1.29, 1.82) is 0 Å². The van der Waals surface area contributed by atoms with Crippen LogP contribution in [0.15, 0.2) is 29.3 Å². The highest BCUT2D eigenvalue weighted by Crippen LogP contribution is 2.43. The Labute approximate surface area is 243 Å². The van der Waals surface area contributed by atoms with Crippen molar-refractivity contribution in [3.05, 3.63) is 40.2 Å². The van der Waals surface area contributed by atoms with Gasteiger partial charge in [-0.3, -0.25) is 0 Å². The van der Waals surface area contributed by atoms with Crippen molar-refractivity contribution in [1.82, 2.24) is 25.0 Å². The van der Waals surface area contributed by atoms with Crippen molar-refractivity contribution in [3.63, 3.8) is 0 Å². The van der Waals surface area contributed by atoms with E-state index in [0.29, 0.717) is 22.8 Å². The summed E-state index contributed by atoms with van der Waals surface area (Å²) in [5, 5.41) is 6.41. The molecule has 1 amide bonds. The molecule has 0 aliphatic carbocycles. The molecule has 2 aromatic heterocycles. The van der Waals surface area contributed by atoms with E-state index in [1.165, 1.54) is 18.4 Å². The van der Waals surface area contributed by atoms with Crippen LogP contribution in [-0.4, -0.2) is 54.7 Å². The number of ether oxygens (including phenoxy) is 1. The Hall–Kier alpha value is -2.87. The number of anilines is 1. The molecule has 1 atom stereocenters. The lowest BCUT2D eigenvalue weighted by Gasteiger charge is -2.22. The largest absolute Gasteiger partial charge is 0.444 e. The van der Waals surface area contributed by atoms with Gasteiger partial charge in [0.2, 0.25) is 16.0 Å². The van der Waals surface area contributed by atoms with Crippen LogP contribution < -0.4 is 15.4 Å². The van der Waals surface area contributed by atoms with Gasteiger partial charge in [-0.05, 0) is 52.9 Å². The molecule has 218 valence electrons. The Morgan fingerprint density at radius 3 is 2.45 bits per heavy atom. The third-order valence-corrected chi connectivity index (χ3v) is 8.77. The summed E-state index contributed by atoms with van der Waals surface area (Å²) < 4.78 is 47.2. The maximum Gasteiger partial charge on any atom is 0.407 e. The second-order valence-electron chi connectivity index (χ2n) is 11.1. The van der Waals surface area contributed by atoms with E-state index in [9.17, 15) is 17.6 Å². The van der Waals surface area contributed by atoms with Gasteiger partial charge in [-0.2, -0.15) is 0 Å². The molecule has 1 aromatic carbocycles. The smallest absolute Gasteiger partial charge is 0.407 e. The lowest BCUT2D eigenvalue weighted by Crippen LogP contribution is -2.41. The normalized spacial score (nSPS) is 13.2. The van der Waals surface area contributed by atoms with Gasteiger partial charge in [0.25, 0.3) is 0 Å². The summed E-state index contributed by atoms with van der Waals surface area (Å²) in [6.07, 6.45) is 1.02. The molecular formula is C26H34ClFN6O4S2. The molecule has 10 nitrogen and oxygen atoms in total. The van der Waals surface area contributed by atoms with Crippen LogP contribution in [-0.2, 0) is 20.2 Å². The number of alkyl carbamates (subject to hydrolysis) is 1. The highest BCUT2D eigenvalue weighted by molar-refractivity contribution is 7.89. The number of nitrogens with one attached hydrogen (secondary N) is 3. The van der Waals surface area contributed by atoms with Crippen molar-refractivity contribution < 1.29 is 22.3 Å². The topological polar surface area (TPSA) is 135 Å². The van der Waals surface area contributed by atoms with Crippen LogP contribution in [0.5, 0.6) is 0 Å². The molecule has 0 aliphatic rings. The molecule has 3 aromatic rings. The number of amides is 1. The van der Waals surface area contributed by atoms with Gasteiger partial charge in [-0.1, -0.05) is 32.4 Å². The summed E-state index contributed by atoms with van der Waals surface area (Å²) in [6, 6.07) is 3.40. The van der Waals surface area contributed by atoms with E-state index in [1.807, 2.05) is 20.8 Å². The van der Waals surface area contributed by atoms with Gasteiger partial charge >= 0.3 is 6.09 Å². The second-order valence-corrected chi connectivity index (χ2v) is 14.3. The fraction of sp³-hybridized carbons (Fsp3) is 0.462. The molecule has 0 unspecified atom stereocenters. The van der Waals surface area contributed by atoms with Gasteiger partial charge in [0, 0.05) is 29.8 Å². The van der Waals surface area contributed by atoms with E-state index < -0.39 is 27.5 Å². The molecule has 2 heterocycles. The summed E-state index contributed by atoms with van der Waals surface area (Å²) in [5.74, 6) is -0.489. The molecular weight excluding hydrogens is 579 g/mol. The fourth-order valence-corrected chi connectivity index (χ4v) is 5.86. The fourth-order valence-electron chi connectivity index (χ4n) is 3.41. The number of benzene rings is 1. The number of halogens is 2. The number of rotatable bonds is 8. The lowest BCUT2D eigenvalue weighted by atomic mass is 9.98. The zero-order chi connectivity index (χ0) is 30.0. The van der Waals surface area contributed by atoms with Crippen molar-refractivity contribution >= 4 is 45.0 Å². The predicted molar refractivity (Wildman–Crippen MR) is 156 cm³/mol. The summed E-state index contributed by atoms with van der Waals surface area (Å²) in [5.41, 5.74) is -0.0761. The monoisotopic (exact) mass is 612 g/mol. The zero-order valence-electron chi connectivity index (χ0n) is 23.6. The molecule has 0 aliphatic heterocycles. The first-order valence-corrected chi connectivity index (χ1v) is 15.1. The second kappa shape index (κ2) is 11.9. The molecule has 14 heteroatoms. The van der Waals surface area contributed by atoms with Crippen LogP contribution in [0.25, 0.3) is 21.8 Å². The number of aromatic nitrogens is 3. The van der Waals surface area contributed by atoms with Gasteiger partial charge in [-0.15, -0.1) is 11.3 Å². The van der Waals surface area contributed by atoms with Gasteiger partial charge in [-0.25, -0.2) is 37.3 Å². The number of thiazole rings is 1. The minimum absolute atomic E-state index is 0.126. The molecule has 3 N–H and O–H groups in total. The SMILES string of the molecule is CNS(=O)(=O)c1cc(F)cc(-c2nc(C(C)(C)C)sc2-c2ccnc(NC[C@H](C)NC(=O)OC(C)(C)C)n2)c1Cl. The summed E-state index contributed by atoms with van der Waals surface area (Å²) in [6.45, 7) is 13.4. The first-order chi connectivity index (χ1) is 18.4. The van der Waals surface area contributed by atoms with Crippen LogP contribution in [0.1, 0.15) is 53.5 Å². The van der Waals surface area contributed by atoms with E-state index >= 15 is 0 Å². The zero-order valence-corrected chi connectivity index (χ0v) is 26.0. The van der Waals surface area contributed by atoms with Gasteiger partial charge < -0.3 is 15.4 Å². The summed E-state index contributed by atoms with van der Waals surface area (Å²) in [7, 11) is -2.82. The number of hydrogen-bond acceptors (Lipinski definition) is 9. The van der Waals surface area contributed by atoms with Crippen LogP contribution in [0.4, 0.5) is 15.1 Å². The average Bonchev–Trinajstić information content (AvgIpc) is 3.29. The van der Waals surface area contributed by atoms with Crippen LogP contribution >= 0.6 is 22.9 Å². The molecule has 0 saturated heterocycles. The number of hydrogen-bond donors (Lipinski definition) is 3. The molecule has 0 spiro atoms. The Bertz CT molecular complexity index is 1500. The number of nitrogens with zero attached hydrogens (tertiary/aromatic N) is 3. The molecule has 0 bridgehead atoms. The lowest BCUT2D eigenvalue weighted by molar-refractivity contribution is 0.0511. The third kappa shape index (κ3) is 7.87. The third-order valence-electron chi connectivity index (χ3n) is 5.30. The summed E-state index contributed by atoms with van der Waals surface area (Å²) >= 11 is 7.89. The van der Waals surface area contributed by atoms with E-state index in [4.69, 9.17) is 21.3 Å². The number of carbonyl (C=O) groups excluding carboxylic acids is 1. The van der Waals surface area contributed by atoms with Crippen LogP contribution in [0.3, 0.4) is 0 Å². The van der Waals surface area contributed by atoms with Crippen molar-refractivity contribution in [3.8, 4) is 21.8 Å². The first-order valence-electron chi connectivity index (χ1n) is 12.4. The van der Waals surface area contributed by atoms with Crippen molar-refractivity contribution in [2.24, 2.45) is 0 Å². The minimum Gasteiger partial charge on any atom is -0.444 e. The van der Waals surface area contributed by atoms with E-state index in [1.54, 1.807) is 40.0 Å². The van der Waals surface area contributed by atoms with Crippen LogP contribution in [0.2, 0.25) is 5.02 Å². The van der Waals surface area contributed by atoms with Crippen molar-refractivity contribution in [2.75, 3.05) is 18.9 Å². The predicted octanol–water partition coefficient (Wildman–Crippen LogP) is 5.59. The molecule has 0 radical (unpaired) electrons. The average molecular weight is 613 g/mol. The Morgan fingerprint density at radius 2 is 1.85 bits per heavy atom. The molecule has 0 saturated carbocycles. The highest BCUT2D eigenvalue weighted by Gasteiger charge is 2.28. The van der Waals surface area contributed by atoms with E-state index in [2.05, 4.69) is 25.3 Å². The number of sulfonamides is 1.